The molecule has 0 saturated heterocycles. The molecule has 0 aliphatic heterocycles. The van der Waals surface area contributed by atoms with Gasteiger partial charge >= 0.3 is 29.8 Å². The summed E-state index contributed by atoms with van der Waals surface area (Å²) in [6.07, 6.45) is 0.935. The Bertz CT molecular complexity index is 3110. The van der Waals surface area contributed by atoms with Crippen molar-refractivity contribution in [1.82, 2.24) is 55.8 Å². The SMILES string of the molecule is CN(Cc1cnc2nc(N)nc(N)c2n1)c1ccc(C(=O)NC(CCC(=O)NC(CCC(=O)O)C(=O)O)C(=O)O)cc1.CN(Cc1cnc2nc(N)nc(N)c2n1)c1ccc(C(=O)NC(CCC(=O)O)C(=O)O)cc1. The molecule has 16 N–H and O–H groups in total. The van der Waals surface area contributed by atoms with Crippen molar-refractivity contribution in [1.29, 1.82) is 0 Å². The van der Waals surface area contributed by atoms with Crippen LogP contribution in [-0.4, -0.2) is 145 Å². The maximum Gasteiger partial charge on any atom is 0.326 e. The Kier molecular flexibility index (Phi) is 18.8. The monoisotopic (exact) mass is 1040 g/mol. The molecule has 0 aliphatic rings. The summed E-state index contributed by atoms with van der Waals surface area (Å²) in [5.41, 5.74) is 27.1. The topological polar surface area (TPSA) is 487 Å². The summed E-state index contributed by atoms with van der Waals surface area (Å²) in [7, 11) is 3.60. The predicted octanol–water partition coefficient (Wildman–Crippen LogP) is -0.114. The van der Waals surface area contributed by atoms with Gasteiger partial charge in [-0.25, -0.2) is 34.3 Å². The number of nitrogens with two attached hydrogens (primary N) is 4. The summed E-state index contributed by atoms with van der Waals surface area (Å²) in [6, 6.07) is 8.56. The summed E-state index contributed by atoms with van der Waals surface area (Å²) in [5.74, 6) is -8.35. The van der Waals surface area contributed by atoms with Gasteiger partial charge in [0.1, 0.15) is 18.1 Å². The summed E-state index contributed by atoms with van der Waals surface area (Å²) in [6.45, 7) is 0.690. The maximum atomic E-state index is 12.7. The van der Waals surface area contributed by atoms with Crippen molar-refractivity contribution in [3.8, 4) is 0 Å². The van der Waals surface area contributed by atoms with Crippen LogP contribution >= 0.6 is 0 Å². The molecule has 3 atom stereocenters. The molecule has 4 heterocycles. The Hall–Kier alpha value is -10.2. The van der Waals surface area contributed by atoms with Gasteiger partial charge in [-0.2, -0.15) is 19.9 Å². The molecule has 0 bridgehead atoms. The van der Waals surface area contributed by atoms with E-state index in [0.29, 0.717) is 46.8 Å². The van der Waals surface area contributed by atoms with Crippen LogP contribution in [0, 0.1) is 0 Å². The van der Waals surface area contributed by atoms with Gasteiger partial charge in [-0.1, -0.05) is 0 Å². The lowest BCUT2D eigenvalue weighted by Gasteiger charge is -2.20. The van der Waals surface area contributed by atoms with Crippen LogP contribution in [0.4, 0.5) is 34.9 Å². The van der Waals surface area contributed by atoms with Gasteiger partial charge < -0.3 is 74.2 Å². The van der Waals surface area contributed by atoms with Crippen LogP contribution in [0.15, 0.2) is 60.9 Å². The number of hydrogen-bond acceptors (Lipinski definition) is 22. The second-order valence-electron chi connectivity index (χ2n) is 16.4. The first kappa shape index (κ1) is 55.8. The van der Waals surface area contributed by atoms with Crippen LogP contribution in [0.1, 0.15) is 70.6 Å². The van der Waals surface area contributed by atoms with E-state index in [0.717, 1.165) is 5.69 Å². The zero-order valence-electron chi connectivity index (χ0n) is 39.9. The van der Waals surface area contributed by atoms with Gasteiger partial charge in [-0.3, -0.25) is 24.0 Å². The summed E-state index contributed by atoms with van der Waals surface area (Å²) >= 11 is 0. The molecule has 3 amide bonds. The normalized spacial score (nSPS) is 12.0. The number of carbonyl (C=O) groups excluding carboxylic acids is 3. The quantitative estimate of drug-likeness (QED) is 0.0398. The van der Waals surface area contributed by atoms with Crippen molar-refractivity contribution in [3.05, 3.63) is 83.4 Å². The number of carboxylic acids is 5. The zero-order chi connectivity index (χ0) is 55.1. The highest BCUT2D eigenvalue weighted by Gasteiger charge is 2.26. The summed E-state index contributed by atoms with van der Waals surface area (Å²) < 4.78 is 0. The lowest BCUT2D eigenvalue weighted by molar-refractivity contribution is -0.144. The Balaban J connectivity index is 0.000000285. The molecule has 0 aliphatic carbocycles. The number of carboxylic acid groups (broad SMARTS) is 5. The number of rotatable bonds is 23. The Morgan fingerprint density at radius 2 is 0.840 bits per heavy atom. The third-order valence-corrected chi connectivity index (χ3v) is 10.7. The first-order valence-electron chi connectivity index (χ1n) is 22.2. The molecule has 0 saturated carbocycles. The Labute approximate surface area is 423 Å². The van der Waals surface area contributed by atoms with E-state index in [1.165, 1.54) is 30.5 Å². The van der Waals surface area contributed by atoms with Crippen LogP contribution in [0.25, 0.3) is 22.3 Å². The minimum atomic E-state index is -1.44. The Morgan fingerprint density at radius 3 is 1.19 bits per heavy atom. The fourth-order valence-electron chi connectivity index (χ4n) is 6.85. The lowest BCUT2D eigenvalue weighted by Crippen LogP contribution is -2.44. The number of fused-ring (bicyclic) bond motifs is 2. The minimum absolute atomic E-state index is 0.0117. The molecule has 0 spiro atoms. The average Bonchev–Trinajstić information content (AvgIpc) is 3.35. The molecule has 394 valence electrons. The largest absolute Gasteiger partial charge is 0.481 e. The molecule has 6 aromatic rings. The number of nitrogen functional groups attached to an aromatic ring is 4. The molecular weight excluding hydrogens is 987 g/mol. The predicted molar refractivity (Wildman–Crippen MR) is 265 cm³/mol. The number of hydrogen-bond donors (Lipinski definition) is 12. The lowest BCUT2D eigenvalue weighted by atomic mass is 10.1. The first-order valence-corrected chi connectivity index (χ1v) is 22.2. The van der Waals surface area contributed by atoms with Crippen molar-refractivity contribution in [2.45, 2.75) is 69.7 Å². The van der Waals surface area contributed by atoms with Crippen LogP contribution in [0.2, 0.25) is 0 Å². The number of aromatic nitrogens is 8. The van der Waals surface area contributed by atoms with E-state index in [2.05, 4.69) is 55.8 Å². The number of aliphatic carboxylic acids is 5. The molecule has 75 heavy (non-hydrogen) atoms. The number of nitrogens with zero attached hydrogens (tertiary/aromatic N) is 10. The van der Waals surface area contributed by atoms with E-state index in [4.69, 9.17) is 38.3 Å². The van der Waals surface area contributed by atoms with Gasteiger partial charge in [-0.05, 0) is 67.8 Å². The summed E-state index contributed by atoms with van der Waals surface area (Å²) in [5, 5.41) is 52.1. The second kappa shape index (κ2) is 25.3. The highest BCUT2D eigenvalue weighted by molar-refractivity contribution is 5.98. The van der Waals surface area contributed by atoms with E-state index in [9.17, 15) is 48.6 Å². The molecule has 4 aromatic heterocycles. The maximum absolute atomic E-state index is 12.7. The van der Waals surface area contributed by atoms with Gasteiger partial charge in [0.05, 0.1) is 36.9 Å². The molecule has 0 fully saturated rings. The third kappa shape index (κ3) is 16.2. The molecule has 30 heteroatoms. The third-order valence-electron chi connectivity index (χ3n) is 10.7. The number of amides is 3. The van der Waals surface area contributed by atoms with Gasteiger partial charge in [0.25, 0.3) is 11.8 Å². The van der Waals surface area contributed by atoms with Gasteiger partial charge in [0.2, 0.25) is 17.8 Å². The number of carbonyl (C=O) groups is 8. The molecule has 3 unspecified atom stereocenters. The summed E-state index contributed by atoms with van der Waals surface area (Å²) in [4.78, 5) is 129. The van der Waals surface area contributed by atoms with E-state index in [1.54, 1.807) is 37.5 Å². The standard InChI is InChI=1S/C25H29N9O8.C20H22N8O5/c1-34(11-13-10-28-21-19(29-13)20(26)32-25(27)33-21)14-4-2-12(3-5-14)22(38)31-16(24(41)42)6-8-17(35)30-15(23(39)40)7-9-18(36)37;1-28(9-11-8-23-17-15(24-11)16(21)26-20(22)27-17)12-4-2-10(3-5-12)18(31)25-13(19(32)33)6-7-14(29)30/h2-5,10,15-16H,6-9,11H2,1H3,(H,30,35)(H,31,38)(H,36,37)(H,39,40)(H,41,42)(H4,26,27,28,32,33);2-5,8,13H,6-7,9H2,1H3,(H,25,31)(H,29,30)(H,32,33)(H4,21,22,23,26,27). The number of benzene rings is 2. The van der Waals surface area contributed by atoms with Crippen LogP contribution < -0.4 is 48.7 Å². The van der Waals surface area contributed by atoms with Gasteiger partial charge in [0, 0.05) is 55.9 Å². The van der Waals surface area contributed by atoms with E-state index in [-0.39, 0.29) is 66.0 Å². The minimum Gasteiger partial charge on any atom is -0.481 e. The fourth-order valence-corrected chi connectivity index (χ4v) is 6.85. The van der Waals surface area contributed by atoms with Gasteiger partial charge in [-0.15, -0.1) is 0 Å². The Morgan fingerprint density at radius 1 is 0.493 bits per heavy atom. The smallest absolute Gasteiger partial charge is 0.326 e. The highest BCUT2D eigenvalue weighted by atomic mass is 16.4. The van der Waals surface area contributed by atoms with Crippen LogP contribution in [-0.2, 0) is 41.9 Å². The van der Waals surface area contributed by atoms with Crippen molar-refractivity contribution in [2.75, 3.05) is 46.8 Å². The van der Waals surface area contributed by atoms with Crippen molar-refractivity contribution in [2.24, 2.45) is 0 Å². The highest BCUT2D eigenvalue weighted by Crippen LogP contribution is 2.21. The number of nitrogens with one attached hydrogen (secondary N) is 3. The van der Waals surface area contributed by atoms with Crippen molar-refractivity contribution >= 4 is 105 Å². The zero-order valence-corrected chi connectivity index (χ0v) is 39.9. The van der Waals surface area contributed by atoms with E-state index < -0.39 is 78.5 Å². The second-order valence-corrected chi connectivity index (χ2v) is 16.4. The van der Waals surface area contributed by atoms with Gasteiger partial charge in [0.15, 0.2) is 34.0 Å². The van der Waals surface area contributed by atoms with E-state index in [1.807, 2.05) is 16.8 Å². The first-order chi connectivity index (χ1) is 35.5. The molecule has 2 aromatic carbocycles. The number of anilines is 6. The molecule has 30 nitrogen and oxygen atoms in total. The fraction of sp³-hybridized carbons (Fsp3) is 0.289. The average molecular weight is 1040 g/mol. The van der Waals surface area contributed by atoms with Crippen LogP contribution in [0.3, 0.4) is 0 Å². The van der Waals surface area contributed by atoms with E-state index >= 15 is 0 Å². The molecular formula is C45H51N17O13. The molecule has 0 radical (unpaired) electrons. The van der Waals surface area contributed by atoms with Crippen LogP contribution in [0.5, 0.6) is 0 Å². The molecule has 6 rings (SSSR count). The van der Waals surface area contributed by atoms with Crippen molar-refractivity contribution < 1.29 is 63.9 Å². The van der Waals surface area contributed by atoms with Crippen molar-refractivity contribution in [3.63, 3.8) is 0 Å².